The fourth-order valence-corrected chi connectivity index (χ4v) is 2.27. The normalized spacial score (nSPS) is 16.0. The molecule has 1 aromatic heterocycles. The molecule has 2 aromatic rings. The van der Waals surface area contributed by atoms with Crippen LogP contribution in [0.25, 0.3) is 10.2 Å². The molecule has 1 aliphatic rings. The van der Waals surface area contributed by atoms with Crippen molar-refractivity contribution >= 4 is 27.2 Å². The first-order valence-corrected chi connectivity index (χ1v) is 5.87. The topological polar surface area (TPSA) is 24.9 Å². The summed E-state index contributed by atoms with van der Waals surface area (Å²) in [4.78, 5) is 4.26. The molecule has 0 atom stereocenters. The molecule has 0 bridgehead atoms. The maximum Gasteiger partial charge on any atom is 0.0813 e. The number of nitrogens with zero attached hydrogens (tertiary/aromatic N) is 1. The molecule has 0 amide bonds. The van der Waals surface area contributed by atoms with Gasteiger partial charge in [0.05, 0.1) is 15.7 Å². The van der Waals surface area contributed by atoms with Crippen LogP contribution < -0.4 is 5.32 Å². The molecular formula is C11H12N2S. The number of thiazole rings is 1. The summed E-state index contributed by atoms with van der Waals surface area (Å²) in [5.74, 6) is 0.923. The molecule has 2 nitrogen and oxygen atoms in total. The van der Waals surface area contributed by atoms with Gasteiger partial charge < -0.3 is 5.32 Å². The standard InChI is InChI=1S/C11H12N2S/c1-2-8(1)6-12-9-3-4-10-11(5-9)14-7-13-10/h3-5,7-8,12H,1-2,6H2. The maximum absolute atomic E-state index is 4.26. The Balaban J connectivity index is 1.81. The average Bonchev–Trinajstić information content (AvgIpc) is 2.92. The highest BCUT2D eigenvalue weighted by Gasteiger charge is 2.20. The zero-order chi connectivity index (χ0) is 9.38. The van der Waals surface area contributed by atoms with Crippen LogP contribution in [0.2, 0.25) is 0 Å². The van der Waals surface area contributed by atoms with Gasteiger partial charge in [-0.1, -0.05) is 0 Å². The minimum absolute atomic E-state index is 0.923. The number of rotatable bonds is 3. The first-order chi connectivity index (χ1) is 6.92. The lowest BCUT2D eigenvalue weighted by Gasteiger charge is -2.04. The molecule has 1 aliphatic carbocycles. The van der Waals surface area contributed by atoms with Crippen molar-refractivity contribution in [3.8, 4) is 0 Å². The molecule has 0 aliphatic heterocycles. The van der Waals surface area contributed by atoms with E-state index in [1.54, 1.807) is 11.3 Å². The molecule has 1 N–H and O–H groups in total. The number of hydrogen-bond acceptors (Lipinski definition) is 3. The van der Waals surface area contributed by atoms with Crippen molar-refractivity contribution in [1.29, 1.82) is 0 Å². The van der Waals surface area contributed by atoms with Crippen LogP contribution in [0.5, 0.6) is 0 Å². The zero-order valence-electron chi connectivity index (χ0n) is 7.86. The molecular weight excluding hydrogens is 192 g/mol. The van der Waals surface area contributed by atoms with E-state index in [0.717, 1.165) is 18.0 Å². The number of hydrogen-bond donors (Lipinski definition) is 1. The van der Waals surface area contributed by atoms with Crippen LogP contribution in [0.3, 0.4) is 0 Å². The van der Waals surface area contributed by atoms with Crippen molar-refractivity contribution in [3.05, 3.63) is 23.7 Å². The van der Waals surface area contributed by atoms with E-state index >= 15 is 0 Å². The van der Waals surface area contributed by atoms with Crippen molar-refractivity contribution in [3.63, 3.8) is 0 Å². The molecule has 14 heavy (non-hydrogen) atoms. The number of aromatic nitrogens is 1. The Hall–Kier alpha value is -1.09. The second-order valence-electron chi connectivity index (χ2n) is 3.86. The second kappa shape index (κ2) is 3.24. The molecule has 3 rings (SSSR count). The minimum atomic E-state index is 0.923. The molecule has 1 fully saturated rings. The van der Waals surface area contributed by atoms with Gasteiger partial charge in [-0.15, -0.1) is 11.3 Å². The Morgan fingerprint density at radius 3 is 3.21 bits per heavy atom. The summed E-state index contributed by atoms with van der Waals surface area (Å²) < 4.78 is 1.27. The third-order valence-electron chi connectivity index (χ3n) is 2.62. The van der Waals surface area contributed by atoms with Crippen LogP contribution in [0.4, 0.5) is 5.69 Å². The van der Waals surface area contributed by atoms with Crippen LogP contribution in [0.1, 0.15) is 12.8 Å². The number of fused-ring (bicyclic) bond motifs is 1. The van der Waals surface area contributed by atoms with E-state index in [2.05, 4.69) is 28.5 Å². The average molecular weight is 204 g/mol. The van der Waals surface area contributed by atoms with E-state index in [0.29, 0.717) is 0 Å². The first-order valence-electron chi connectivity index (χ1n) is 4.99. The van der Waals surface area contributed by atoms with Crippen molar-refractivity contribution in [2.45, 2.75) is 12.8 Å². The molecule has 1 aromatic carbocycles. The lowest BCUT2D eigenvalue weighted by atomic mass is 10.3. The van der Waals surface area contributed by atoms with Crippen molar-refractivity contribution in [1.82, 2.24) is 4.98 Å². The molecule has 72 valence electrons. The van der Waals surface area contributed by atoms with Gasteiger partial charge in [0.2, 0.25) is 0 Å². The van der Waals surface area contributed by atoms with Crippen molar-refractivity contribution in [2.75, 3.05) is 11.9 Å². The smallest absolute Gasteiger partial charge is 0.0813 e. The lowest BCUT2D eigenvalue weighted by molar-refractivity contribution is 0.890. The molecule has 3 heteroatoms. The lowest BCUT2D eigenvalue weighted by Crippen LogP contribution is -2.02. The van der Waals surface area contributed by atoms with Crippen LogP contribution in [0, 0.1) is 5.92 Å². The number of nitrogens with one attached hydrogen (secondary N) is 1. The Bertz CT molecular complexity index is 445. The van der Waals surface area contributed by atoms with Crippen LogP contribution in [-0.2, 0) is 0 Å². The Labute approximate surface area is 87.0 Å². The summed E-state index contributed by atoms with van der Waals surface area (Å²) in [5.41, 5.74) is 4.23. The predicted octanol–water partition coefficient (Wildman–Crippen LogP) is 3.12. The van der Waals surface area contributed by atoms with Gasteiger partial charge in [0.25, 0.3) is 0 Å². The van der Waals surface area contributed by atoms with Crippen LogP contribution >= 0.6 is 11.3 Å². The third kappa shape index (κ3) is 1.60. The Morgan fingerprint density at radius 1 is 1.43 bits per heavy atom. The maximum atomic E-state index is 4.26. The fraction of sp³-hybridized carbons (Fsp3) is 0.364. The molecule has 0 saturated heterocycles. The summed E-state index contributed by atoms with van der Waals surface area (Å²) in [7, 11) is 0. The summed E-state index contributed by atoms with van der Waals surface area (Å²) in [6.07, 6.45) is 2.80. The monoisotopic (exact) mass is 204 g/mol. The first kappa shape index (κ1) is 8.24. The summed E-state index contributed by atoms with van der Waals surface area (Å²) in [6, 6.07) is 6.39. The van der Waals surface area contributed by atoms with E-state index in [4.69, 9.17) is 0 Å². The summed E-state index contributed by atoms with van der Waals surface area (Å²) in [6.45, 7) is 1.13. The van der Waals surface area contributed by atoms with Crippen molar-refractivity contribution in [2.24, 2.45) is 5.92 Å². The highest BCUT2D eigenvalue weighted by Crippen LogP contribution is 2.29. The van der Waals surface area contributed by atoms with Gasteiger partial charge in [0, 0.05) is 12.2 Å². The second-order valence-corrected chi connectivity index (χ2v) is 4.75. The van der Waals surface area contributed by atoms with E-state index in [9.17, 15) is 0 Å². The van der Waals surface area contributed by atoms with Gasteiger partial charge in [-0.25, -0.2) is 4.98 Å². The summed E-state index contributed by atoms with van der Waals surface area (Å²) >= 11 is 1.70. The molecule has 1 heterocycles. The van der Waals surface area contributed by atoms with Gasteiger partial charge in [-0.3, -0.25) is 0 Å². The predicted molar refractivity (Wildman–Crippen MR) is 60.8 cm³/mol. The fourth-order valence-electron chi connectivity index (χ4n) is 1.55. The Kier molecular flexibility index (Phi) is 1.91. The van der Waals surface area contributed by atoms with Gasteiger partial charge >= 0.3 is 0 Å². The van der Waals surface area contributed by atoms with Gasteiger partial charge in [0.15, 0.2) is 0 Å². The van der Waals surface area contributed by atoms with Gasteiger partial charge in [-0.2, -0.15) is 0 Å². The van der Waals surface area contributed by atoms with E-state index in [-0.39, 0.29) is 0 Å². The van der Waals surface area contributed by atoms with Crippen LogP contribution in [-0.4, -0.2) is 11.5 Å². The highest BCUT2D eigenvalue weighted by molar-refractivity contribution is 7.16. The minimum Gasteiger partial charge on any atom is -0.385 e. The molecule has 0 unspecified atom stereocenters. The van der Waals surface area contributed by atoms with Gasteiger partial charge in [-0.05, 0) is 37.0 Å². The van der Waals surface area contributed by atoms with Crippen LogP contribution in [0.15, 0.2) is 23.7 Å². The zero-order valence-corrected chi connectivity index (χ0v) is 8.68. The third-order valence-corrected chi connectivity index (χ3v) is 3.41. The highest BCUT2D eigenvalue weighted by atomic mass is 32.1. The molecule has 0 spiro atoms. The summed E-state index contributed by atoms with van der Waals surface area (Å²) in [5, 5.41) is 3.47. The SMILES string of the molecule is c1nc2ccc(NCC3CC3)cc2s1. The van der Waals surface area contributed by atoms with E-state index in [1.165, 1.54) is 23.2 Å². The number of benzene rings is 1. The number of anilines is 1. The van der Waals surface area contributed by atoms with E-state index in [1.807, 2.05) is 5.51 Å². The Morgan fingerprint density at radius 2 is 2.36 bits per heavy atom. The molecule has 0 radical (unpaired) electrons. The largest absolute Gasteiger partial charge is 0.385 e. The van der Waals surface area contributed by atoms with E-state index < -0.39 is 0 Å². The van der Waals surface area contributed by atoms with Crippen molar-refractivity contribution < 1.29 is 0 Å². The van der Waals surface area contributed by atoms with Gasteiger partial charge in [0.1, 0.15) is 0 Å². The molecule has 1 saturated carbocycles. The quantitative estimate of drug-likeness (QED) is 0.831.